The molecule has 1 unspecified atom stereocenters. The zero-order valence-corrected chi connectivity index (χ0v) is 9.22. The lowest BCUT2D eigenvalue weighted by Crippen LogP contribution is -2.37. The van der Waals surface area contributed by atoms with Crippen LogP contribution < -0.4 is 10.6 Å². The summed E-state index contributed by atoms with van der Waals surface area (Å²) in [6.07, 6.45) is 3.88. The molecule has 1 aliphatic heterocycles. The van der Waals surface area contributed by atoms with Gasteiger partial charge in [-0.05, 0) is 43.4 Å². The molecule has 0 radical (unpaired) electrons. The standard InChI is InChI=1S/C9H14N4OS/c14-9(8-6-12-13-15-8)11-5-7-2-1-3-10-4-7/h6-7,10H,1-5H2,(H,11,14). The molecule has 0 aromatic carbocycles. The van der Waals surface area contributed by atoms with E-state index in [1.54, 1.807) is 0 Å². The number of nitrogens with one attached hydrogen (secondary N) is 2. The molecule has 1 aromatic heterocycles. The molecule has 2 N–H and O–H groups in total. The van der Waals surface area contributed by atoms with Gasteiger partial charge in [0, 0.05) is 6.54 Å². The van der Waals surface area contributed by atoms with Crippen molar-refractivity contribution < 1.29 is 4.79 Å². The van der Waals surface area contributed by atoms with Crippen LogP contribution in [0.4, 0.5) is 0 Å². The van der Waals surface area contributed by atoms with Gasteiger partial charge in [0.05, 0.1) is 6.20 Å². The number of rotatable bonds is 3. The zero-order valence-electron chi connectivity index (χ0n) is 8.40. The van der Waals surface area contributed by atoms with E-state index in [1.165, 1.54) is 19.0 Å². The molecule has 2 heterocycles. The highest BCUT2D eigenvalue weighted by Gasteiger charge is 2.15. The summed E-state index contributed by atoms with van der Waals surface area (Å²) in [5, 5.41) is 9.86. The topological polar surface area (TPSA) is 66.9 Å². The highest BCUT2D eigenvalue weighted by Crippen LogP contribution is 2.09. The Morgan fingerprint density at radius 3 is 3.33 bits per heavy atom. The van der Waals surface area contributed by atoms with E-state index in [0.717, 1.165) is 31.2 Å². The summed E-state index contributed by atoms with van der Waals surface area (Å²) in [4.78, 5) is 12.1. The van der Waals surface area contributed by atoms with Crippen LogP contribution in [-0.4, -0.2) is 35.1 Å². The summed E-state index contributed by atoms with van der Waals surface area (Å²) >= 11 is 1.13. The fourth-order valence-corrected chi connectivity index (χ4v) is 2.12. The zero-order chi connectivity index (χ0) is 10.5. The predicted octanol–water partition coefficient (Wildman–Crippen LogP) is 0.267. The van der Waals surface area contributed by atoms with Gasteiger partial charge in [-0.25, -0.2) is 0 Å². The van der Waals surface area contributed by atoms with E-state index >= 15 is 0 Å². The third-order valence-electron chi connectivity index (χ3n) is 2.54. The van der Waals surface area contributed by atoms with E-state index in [9.17, 15) is 4.79 Å². The van der Waals surface area contributed by atoms with Gasteiger partial charge in [0.2, 0.25) is 0 Å². The minimum absolute atomic E-state index is 0.0597. The van der Waals surface area contributed by atoms with Crippen LogP contribution in [0.1, 0.15) is 22.5 Å². The van der Waals surface area contributed by atoms with Crippen molar-refractivity contribution in [3.05, 3.63) is 11.1 Å². The molecule has 2 rings (SSSR count). The quantitative estimate of drug-likeness (QED) is 0.776. The Kier molecular flexibility index (Phi) is 3.63. The largest absolute Gasteiger partial charge is 0.351 e. The first kappa shape index (κ1) is 10.5. The number of carbonyl (C=O) groups is 1. The number of piperidine rings is 1. The van der Waals surface area contributed by atoms with Crippen molar-refractivity contribution in [3.8, 4) is 0 Å². The highest BCUT2D eigenvalue weighted by atomic mass is 32.1. The fourth-order valence-electron chi connectivity index (χ4n) is 1.69. The van der Waals surface area contributed by atoms with Crippen LogP contribution in [0.5, 0.6) is 0 Å². The molecule has 82 valence electrons. The maximum Gasteiger partial charge on any atom is 0.264 e. The number of carbonyl (C=O) groups excluding carboxylic acids is 1. The van der Waals surface area contributed by atoms with Crippen molar-refractivity contribution in [3.63, 3.8) is 0 Å². The molecule has 0 bridgehead atoms. The molecule has 1 atom stereocenters. The van der Waals surface area contributed by atoms with Gasteiger partial charge >= 0.3 is 0 Å². The molecule has 1 amide bonds. The van der Waals surface area contributed by atoms with Crippen molar-refractivity contribution in [2.24, 2.45) is 5.92 Å². The summed E-state index contributed by atoms with van der Waals surface area (Å²) < 4.78 is 3.66. The number of nitrogens with zero attached hydrogens (tertiary/aromatic N) is 2. The second-order valence-corrected chi connectivity index (χ2v) is 4.49. The molecule has 1 saturated heterocycles. The van der Waals surface area contributed by atoms with Gasteiger partial charge in [-0.1, -0.05) is 4.49 Å². The maximum absolute atomic E-state index is 11.5. The SMILES string of the molecule is O=C(NCC1CCCNC1)c1cnns1. The van der Waals surface area contributed by atoms with E-state index in [2.05, 4.69) is 20.2 Å². The number of aromatic nitrogens is 2. The minimum Gasteiger partial charge on any atom is -0.351 e. The van der Waals surface area contributed by atoms with Gasteiger partial charge in [0.1, 0.15) is 4.88 Å². The molecule has 1 fully saturated rings. The second kappa shape index (κ2) is 5.18. The molecule has 5 nitrogen and oxygen atoms in total. The molecule has 0 spiro atoms. The number of hydrogen-bond donors (Lipinski definition) is 2. The Bertz CT molecular complexity index is 308. The van der Waals surface area contributed by atoms with Crippen LogP contribution in [0.3, 0.4) is 0 Å². The van der Waals surface area contributed by atoms with Crippen LogP contribution in [0.25, 0.3) is 0 Å². The monoisotopic (exact) mass is 226 g/mol. The average Bonchev–Trinajstić information content (AvgIpc) is 2.81. The highest BCUT2D eigenvalue weighted by molar-refractivity contribution is 7.07. The third kappa shape index (κ3) is 2.97. The third-order valence-corrected chi connectivity index (χ3v) is 3.20. The van der Waals surface area contributed by atoms with Crippen LogP contribution in [-0.2, 0) is 0 Å². The van der Waals surface area contributed by atoms with Crippen LogP contribution in [0.15, 0.2) is 6.20 Å². The fraction of sp³-hybridized carbons (Fsp3) is 0.667. The lowest BCUT2D eigenvalue weighted by atomic mass is 10.00. The van der Waals surface area contributed by atoms with Gasteiger partial charge in [-0.15, -0.1) is 5.10 Å². The number of amides is 1. The molecule has 0 aliphatic carbocycles. The number of hydrogen-bond acceptors (Lipinski definition) is 5. The summed E-state index contributed by atoms with van der Waals surface area (Å²) in [5.74, 6) is 0.499. The first-order valence-electron chi connectivity index (χ1n) is 5.12. The lowest BCUT2D eigenvalue weighted by Gasteiger charge is -2.22. The van der Waals surface area contributed by atoms with Crippen LogP contribution in [0.2, 0.25) is 0 Å². The molecule has 1 aliphatic rings. The van der Waals surface area contributed by atoms with E-state index in [0.29, 0.717) is 10.8 Å². The van der Waals surface area contributed by atoms with Gasteiger partial charge in [0.25, 0.3) is 5.91 Å². The van der Waals surface area contributed by atoms with Gasteiger partial charge in [-0.3, -0.25) is 4.79 Å². The Morgan fingerprint density at radius 2 is 2.67 bits per heavy atom. The molecule has 1 aromatic rings. The Hall–Kier alpha value is -1.01. The first-order chi connectivity index (χ1) is 7.36. The molecule has 0 saturated carbocycles. The normalized spacial score (nSPS) is 21.2. The summed E-state index contributed by atoms with van der Waals surface area (Å²) in [7, 11) is 0. The Morgan fingerprint density at radius 1 is 1.73 bits per heavy atom. The molecular formula is C9H14N4OS. The van der Waals surface area contributed by atoms with Gasteiger partial charge < -0.3 is 10.6 Å². The maximum atomic E-state index is 11.5. The van der Waals surface area contributed by atoms with Gasteiger partial charge in [0.15, 0.2) is 0 Å². The van der Waals surface area contributed by atoms with Crippen molar-refractivity contribution >= 4 is 17.4 Å². The molecule has 15 heavy (non-hydrogen) atoms. The van der Waals surface area contributed by atoms with Crippen LogP contribution in [0, 0.1) is 5.92 Å². The molecular weight excluding hydrogens is 212 g/mol. The second-order valence-electron chi connectivity index (χ2n) is 3.70. The van der Waals surface area contributed by atoms with Crippen molar-refractivity contribution in [2.75, 3.05) is 19.6 Å². The Balaban J connectivity index is 1.75. The van der Waals surface area contributed by atoms with E-state index in [4.69, 9.17) is 0 Å². The van der Waals surface area contributed by atoms with E-state index in [-0.39, 0.29) is 5.91 Å². The first-order valence-corrected chi connectivity index (χ1v) is 5.90. The summed E-state index contributed by atoms with van der Waals surface area (Å²) in [6.45, 7) is 2.84. The average molecular weight is 226 g/mol. The summed E-state index contributed by atoms with van der Waals surface area (Å²) in [5.41, 5.74) is 0. The van der Waals surface area contributed by atoms with Gasteiger partial charge in [-0.2, -0.15) is 0 Å². The van der Waals surface area contributed by atoms with E-state index < -0.39 is 0 Å². The minimum atomic E-state index is -0.0597. The van der Waals surface area contributed by atoms with Crippen molar-refractivity contribution in [1.29, 1.82) is 0 Å². The summed E-state index contributed by atoms with van der Waals surface area (Å²) in [6, 6.07) is 0. The smallest absolute Gasteiger partial charge is 0.264 e. The van der Waals surface area contributed by atoms with Crippen LogP contribution >= 0.6 is 11.5 Å². The van der Waals surface area contributed by atoms with E-state index in [1.807, 2.05) is 0 Å². The van der Waals surface area contributed by atoms with Crippen molar-refractivity contribution in [1.82, 2.24) is 20.2 Å². The lowest BCUT2D eigenvalue weighted by molar-refractivity contribution is 0.0948. The predicted molar refractivity (Wildman–Crippen MR) is 57.8 cm³/mol. The Labute approximate surface area is 92.4 Å². The van der Waals surface area contributed by atoms with Crippen molar-refractivity contribution in [2.45, 2.75) is 12.8 Å². The molecule has 6 heteroatoms.